The summed E-state index contributed by atoms with van der Waals surface area (Å²) in [5.41, 5.74) is 8.11. The van der Waals surface area contributed by atoms with Crippen molar-refractivity contribution < 1.29 is 9.53 Å². The Morgan fingerprint density at radius 3 is 2.53 bits per heavy atom. The summed E-state index contributed by atoms with van der Waals surface area (Å²) in [4.78, 5) is 18.2. The number of carbonyl (C=O) groups excluding carboxylic acids is 1. The number of carbonyl (C=O) groups is 1. The number of rotatable bonds is 8. The van der Waals surface area contributed by atoms with E-state index in [9.17, 15) is 4.79 Å². The Hall–Kier alpha value is -3.06. The molecule has 1 aliphatic rings. The van der Waals surface area contributed by atoms with Gasteiger partial charge in [0.25, 0.3) is 0 Å². The Balaban J connectivity index is 1.62. The average molecular weight is 410 g/mol. The molecule has 0 aromatic heterocycles. The number of hydrogen-bond acceptors (Lipinski definition) is 4. The van der Waals surface area contributed by atoms with Crippen molar-refractivity contribution in [2.75, 3.05) is 33.8 Å². The molecular weight excluding hydrogens is 378 g/mol. The third-order valence-corrected chi connectivity index (χ3v) is 5.44. The van der Waals surface area contributed by atoms with Crippen LogP contribution in [-0.4, -0.2) is 50.6 Å². The van der Waals surface area contributed by atoms with E-state index in [1.54, 1.807) is 26.3 Å². The van der Waals surface area contributed by atoms with E-state index >= 15 is 0 Å². The lowest BCUT2D eigenvalue weighted by atomic mass is 10.1. The summed E-state index contributed by atoms with van der Waals surface area (Å²) in [6.45, 7) is 3.50. The molecule has 4 N–H and O–H groups in total. The predicted molar refractivity (Wildman–Crippen MR) is 120 cm³/mol. The van der Waals surface area contributed by atoms with Crippen LogP contribution in [-0.2, 0) is 6.54 Å². The first-order valence-corrected chi connectivity index (χ1v) is 10.3. The number of guanidine groups is 1. The summed E-state index contributed by atoms with van der Waals surface area (Å²) in [5, 5.41) is 6.77. The van der Waals surface area contributed by atoms with Crippen LogP contribution in [0.25, 0.3) is 0 Å². The number of ether oxygens (including phenoxy) is 1. The quantitative estimate of drug-likeness (QED) is 0.460. The largest absolute Gasteiger partial charge is 0.497 e. The van der Waals surface area contributed by atoms with Gasteiger partial charge in [-0.25, -0.2) is 0 Å². The fraction of sp³-hybridized carbons (Fsp3) is 0.391. The summed E-state index contributed by atoms with van der Waals surface area (Å²) >= 11 is 0. The molecule has 1 amide bonds. The van der Waals surface area contributed by atoms with Gasteiger partial charge in [0.1, 0.15) is 5.75 Å². The van der Waals surface area contributed by atoms with E-state index in [-0.39, 0.29) is 6.04 Å². The van der Waals surface area contributed by atoms with Crippen molar-refractivity contribution in [2.24, 2.45) is 10.7 Å². The lowest BCUT2D eigenvalue weighted by molar-refractivity contribution is 0.1000. The van der Waals surface area contributed by atoms with Gasteiger partial charge in [0.05, 0.1) is 13.2 Å². The molecule has 0 aliphatic carbocycles. The Morgan fingerprint density at radius 2 is 1.90 bits per heavy atom. The molecule has 7 heteroatoms. The van der Waals surface area contributed by atoms with Crippen LogP contribution in [0.3, 0.4) is 0 Å². The highest BCUT2D eigenvalue weighted by Crippen LogP contribution is 2.26. The molecule has 0 bridgehead atoms. The monoisotopic (exact) mass is 409 g/mol. The molecule has 0 radical (unpaired) electrons. The Morgan fingerprint density at radius 1 is 1.17 bits per heavy atom. The van der Waals surface area contributed by atoms with Crippen molar-refractivity contribution in [3.05, 3.63) is 65.2 Å². The SMILES string of the molecule is CN=C(NCc1cccc(C(N)=O)c1)NCC(c1ccc(OC)cc1)N1CCCC1. The number of primary amides is 1. The molecule has 1 atom stereocenters. The van der Waals surface area contributed by atoms with Gasteiger partial charge in [-0.05, 0) is 61.3 Å². The van der Waals surface area contributed by atoms with Crippen molar-refractivity contribution >= 4 is 11.9 Å². The zero-order valence-corrected chi connectivity index (χ0v) is 17.7. The van der Waals surface area contributed by atoms with E-state index in [1.807, 2.05) is 24.3 Å². The highest BCUT2D eigenvalue weighted by atomic mass is 16.5. The van der Waals surface area contributed by atoms with Crippen LogP contribution in [0.2, 0.25) is 0 Å². The molecule has 0 saturated carbocycles. The molecule has 2 aromatic carbocycles. The van der Waals surface area contributed by atoms with Crippen LogP contribution >= 0.6 is 0 Å². The van der Waals surface area contributed by atoms with E-state index in [2.05, 4.69) is 32.7 Å². The molecule has 2 aromatic rings. The number of hydrogen-bond donors (Lipinski definition) is 3. The lowest BCUT2D eigenvalue weighted by Gasteiger charge is -2.29. The minimum Gasteiger partial charge on any atom is -0.497 e. The van der Waals surface area contributed by atoms with Crippen molar-refractivity contribution in [1.82, 2.24) is 15.5 Å². The van der Waals surface area contributed by atoms with Gasteiger partial charge >= 0.3 is 0 Å². The Labute approximate surface area is 178 Å². The number of benzene rings is 2. The maximum Gasteiger partial charge on any atom is 0.248 e. The fourth-order valence-electron chi connectivity index (χ4n) is 3.77. The van der Waals surface area contributed by atoms with Crippen LogP contribution in [0.5, 0.6) is 5.75 Å². The van der Waals surface area contributed by atoms with E-state index in [0.717, 1.165) is 36.9 Å². The van der Waals surface area contributed by atoms with Crippen LogP contribution in [0.1, 0.15) is 40.4 Å². The number of aliphatic imine (C=N–C) groups is 1. The zero-order chi connectivity index (χ0) is 21.3. The second-order valence-electron chi connectivity index (χ2n) is 7.40. The van der Waals surface area contributed by atoms with Crippen LogP contribution in [0.4, 0.5) is 0 Å². The molecule has 3 rings (SSSR count). The lowest BCUT2D eigenvalue weighted by Crippen LogP contribution is -2.42. The average Bonchev–Trinajstić information content (AvgIpc) is 3.31. The Bertz CT molecular complexity index is 860. The van der Waals surface area contributed by atoms with Gasteiger partial charge < -0.3 is 21.1 Å². The van der Waals surface area contributed by atoms with Gasteiger partial charge in [-0.15, -0.1) is 0 Å². The van der Waals surface area contributed by atoms with Crippen molar-refractivity contribution in [1.29, 1.82) is 0 Å². The molecule has 1 fully saturated rings. The topological polar surface area (TPSA) is 92.0 Å². The first kappa shape index (κ1) is 21.6. The number of likely N-dealkylation sites (tertiary alicyclic amines) is 1. The molecule has 1 aliphatic heterocycles. The normalized spacial score (nSPS) is 15.6. The third kappa shape index (κ3) is 5.73. The minimum atomic E-state index is -0.424. The van der Waals surface area contributed by atoms with Crippen molar-refractivity contribution in [3.8, 4) is 5.75 Å². The van der Waals surface area contributed by atoms with Gasteiger partial charge in [0, 0.05) is 25.7 Å². The highest BCUT2D eigenvalue weighted by molar-refractivity contribution is 5.92. The summed E-state index contributed by atoms with van der Waals surface area (Å²) in [5.74, 6) is 1.16. The number of nitrogens with two attached hydrogens (primary N) is 1. The van der Waals surface area contributed by atoms with Gasteiger partial charge in [0.2, 0.25) is 5.91 Å². The molecule has 1 unspecified atom stereocenters. The predicted octanol–water partition coefficient (Wildman–Crippen LogP) is 2.30. The molecule has 0 spiro atoms. The second-order valence-corrected chi connectivity index (χ2v) is 7.40. The molecule has 1 saturated heterocycles. The van der Waals surface area contributed by atoms with Crippen LogP contribution in [0, 0.1) is 0 Å². The van der Waals surface area contributed by atoms with Gasteiger partial charge in [-0.3, -0.25) is 14.7 Å². The van der Waals surface area contributed by atoms with Crippen molar-refractivity contribution in [2.45, 2.75) is 25.4 Å². The van der Waals surface area contributed by atoms with E-state index in [0.29, 0.717) is 12.1 Å². The number of nitrogens with zero attached hydrogens (tertiary/aromatic N) is 2. The van der Waals surface area contributed by atoms with Crippen LogP contribution in [0.15, 0.2) is 53.5 Å². The van der Waals surface area contributed by atoms with E-state index in [4.69, 9.17) is 10.5 Å². The molecule has 7 nitrogen and oxygen atoms in total. The van der Waals surface area contributed by atoms with Gasteiger partial charge in [-0.1, -0.05) is 24.3 Å². The first-order valence-electron chi connectivity index (χ1n) is 10.3. The fourth-order valence-corrected chi connectivity index (χ4v) is 3.77. The maximum atomic E-state index is 11.4. The number of amides is 1. The van der Waals surface area contributed by atoms with Gasteiger partial charge in [0.15, 0.2) is 5.96 Å². The zero-order valence-electron chi connectivity index (χ0n) is 17.7. The third-order valence-electron chi connectivity index (χ3n) is 5.44. The summed E-state index contributed by atoms with van der Waals surface area (Å²) in [7, 11) is 3.44. The summed E-state index contributed by atoms with van der Waals surface area (Å²) in [6.07, 6.45) is 2.46. The summed E-state index contributed by atoms with van der Waals surface area (Å²) in [6, 6.07) is 15.9. The maximum absolute atomic E-state index is 11.4. The number of methoxy groups -OCH3 is 1. The molecule has 1 heterocycles. The first-order chi connectivity index (χ1) is 14.6. The van der Waals surface area contributed by atoms with Crippen LogP contribution < -0.4 is 21.1 Å². The number of nitrogens with one attached hydrogen (secondary N) is 2. The second kappa shape index (κ2) is 10.6. The summed E-state index contributed by atoms with van der Waals surface area (Å²) < 4.78 is 5.30. The Kier molecular flexibility index (Phi) is 7.68. The van der Waals surface area contributed by atoms with Gasteiger partial charge in [-0.2, -0.15) is 0 Å². The van der Waals surface area contributed by atoms with E-state index < -0.39 is 5.91 Å². The highest BCUT2D eigenvalue weighted by Gasteiger charge is 2.23. The molecular formula is C23H31N5O2. The van der Waals surface area contributed by atoms with E-state index in [1.165, 1.54) is 18.4 Å². The minimum absolute atomic E-state index is 0.259. The standard InChI is InChI=1S/C23H31N5O2/c1-25-23(26-15-17-6-5-7-19(14-17)22(24)29)27-16-21(28-12-3-4-13-28)18-8-10-20(30-2)11-9-18/h5-11,14,21H,3-4,12-13,15-16H2,1-2H3,(H2,24,29)(H2,25,26,27). The molecule has 30 heavy (non-hydrogen) atoms. The smallest absolute Gasteiger partial charge is 0.248 e. The molecule has 160 valence electrons. The van der Waals surface area contributed by atoms with Crippen molar-refractivity contribution in [3.63, 3.8) is 0 Å².